The Kier molecular flexibility index (Phi) is 4.99. The second-order valence-corrected chi connectivity index (χ2v) is 6.38. The molecule has 1 aliphatic heterocycles. The molecule has 3 rings (SSSR count). The lowest BCUT2D eigenvalue weighted by Crippen LogP contribution is -2.47. The van der Waals surface area contributed by atoms with Crippen molar-refractivity contribution in [3.8, 4) is 0 Å². The molecule has 130 valence electrons. The van der Waals surface area contributed by atoms with Crippen molar-refractivity contribution in [3.05, 3.63) is 35.0 Å². The highest BCUT2D eigenvalue weighted by Crippen LogP contribution is 2.19. The SMILES string of the molecule is CCn1nccc1C(=O)NC1CCCN(Cc2c(C)noc2C)C1. The molecule has 1 fully saturated rings. The lowest BCUT2D eigenvalue weighted by molar-refractivity contribution is 0.0889. The van der Waals surface area contributed by atoms with Gasteiger partial charge in [0, 0.05) is 37.4 Å². The van der Waals surface area contributed by atoms with Gasteiger partial charge in [0.05, 0.1) is 5.69 Å². The standard InChI is InChI=1S/C17H25N5O2/c1-4-22-16(7-8-18-22)17(23)19-14-6-5-9-21(10-14)11-15-12(2)20-24-13(15)3/h7-8,14H,4-6,9-11H2,1-3H3,(H,19,23). The highest BCUT2D eigenvalue weighted by atomic mass is 16.5. The average molecular weight is 331 g/mol. The minimum atomic E-state index is -0.0430. The van der Waals surface area contributed by atoms with Crippen molar-refractivity contribution in [3.63, 3.8) is 0 Å². The number of hydrogen-bond donors (Lipinski definition) is 1. The molecule has 1 saturated heterocycles. The molecule has 1 aliphatic rings. The highest BCUT2D eigenvalue weighted by Gasteiger charge is 2.24. The van der Waals surface area contributed by atoms with Crippen molar-refractivity contribution in [2.45, 2.75) is 52.7 Å². The molecule has 24 heavy (non-hydrogen) atoms. The Labute approximate surface area is 142 Å². The number of carbonyl (C=O) groups is 1. The Balaban J connectivity index is 1.60. The van der Waals surface area contributed by atoms with E-state index >= 15 is 0 Å². The fourth-order valence-electron chi connectivity index (χ4n) is 3.31. The maximum absolute atomic E-state index is 12.5. The fourth-order valence-corrected chi connectivity index (χ4v) is 3.31. The van der Waals surface area contributed by atoms with Crippen LogP contribution in [0.1, 0.15) is 47.3 Å². The van der Waals surface area contributed by atoms with Gasteiger partial charge < -0.3 is 9.84 Å². The van der Waals surface area contributed by atoms with Crippen molar-refractivity contribution < 1.29 is 9.32 Å². The predicted octanol–water partition coefficient (Wildman–Crippen LogP) is 1.90. The lowest BCUT2D eigenvalue weighted by atomic mass is 10.0. The molecule has 3 heterocycles. The van der Waals surface area contributed by atoms with E-state index in [2.05, 4.69) is 20.5 Å². The molecule has 0 radical (unpaired) electrons. The number of nitrogens with one attached hydrogen (secondary N) is 1. The van der Waals surface area contributed by atoms with Crippen molar-refractivity contribution >= 4 is 5.91 Å². The summed E-state index contributed by atoms with van der Waals surface area (Å²) in [5.74, 6) is 0.837. The van der Waals surface area contributed by atoms with Crippen LogP contribution in [0.25, 0.3) is 0 Å². The maximum atomic E-state index is 12.5. The summed E-state index contributed by atoms with van der Waals surface area (Å²) < 4.78 is 6.97. The summed E-state index contributed by atoms with van der Waals surface area (Å²) in [5.41, 5.74) is 2.73. The van der Waals surface area contributed by atoms with E-state index in [1.807, 2.05) is 20.8 Å². The largest absolute Gasteiger partial charge is 0.361 e. The second kappa shape index (κ2) is 7.17. The summed E-state index contributed by atoms with van der Waals surface area (Å²) in [4.78, 5) is 14.8. The van der Waals surface area contributed by atoms with Crippen molar-refractivity contribution in [1.29, 1.82) is 0 Å². The van der Waals surface area contributed by atoms with Gasteiger partial charge >= 0.3 is 0 Å². The third-order valence-electron chi connectivity index (χ3n) is 4.65. The van der Waals surface area contributed by atoms with Gasteiger partial charge in [-0.3, -0.25) is 14.4 Å². The van der Waals surface area contributed by atoms with Crippen LogP contribution in [0.2, 0.25) is 0 Å². The van der Waals surface area contributed by atoms with Gasteiger partial charge in [-0.05, 0) is 46.2 Å². The highest BCUT2D eigenvalue weighted by molar-refractivity contribution is 5.92. The zero-order valence-corrected chi connectivity index (χ0v) is 14.6. The van der Waals surface area contributed by atoms with Gasteiger partial charge in [-0.1, -0.05) is 5.16 Å². The molecule has 0 aromatic carbocycles. The third kappa shape index (κ3) is 3.51. The van der Waals surface area contributed by atoms with E-state index in [0.717, 1.165) is 49.5 Å². The van der Waals surface area contributed by atoms with E-state index in [-0.39, 0.29) is 11.9 Å². The molecule has 1 atom stereocenters. The van der Waals surface area contributed by atoms with Crippen LogP contribution >= 0.6 is 0 Å². The molecule has 0 bridgehead atoms. The Hall–Kier alpha value is -2.15. The van der Waals surface area contributed by atoms with E-state index in [1.165, 1.54) is 0 Å². The van der Waals surface area contributed by atoms with Crippen LogP contribution in [0.15, 0.2) is 16.8 Å². The minimum Gasteiger partial charge on any atom is -0.361 e. The van der Waals surface area contributed by atoms with Gasteiger partial charge in [-0.15, -0.1) is 0 Å². The molecule has 0 spiro atoms. The normalized spacial score (nSPS) is 18.7. The first-order chi connectivity index (χ1) is 11.6. The number of hydrogen-bond acceptors (Lipinski definition) is 5. The zero-order chi connectivity index (χ0) is 17.1. The monoisotopic (exact) mass is 331 g/mol. The number of aromatic nitrogens is 3. The zero-order valence-electron chi connectivity index (χ0n) is 14.6. The fraction of sp³-hybridized carbons (Fsp3) is 0.588. The minimum absolute atomic E-state index is 0.0430. The average Bonchev–Trinajstić information content (AvgIpc) is 3.17. The van der Waals surface area contributed by atoms with Crippen LogP contribution < -0.4 is 5.32 Å². The van der Waals surface area contributed by atoms with Crippen molar-refractivity contribution in [2.24, 2.45) is 0 Å². The Morgan fingerprint density at radius 3 is 3.00 bits per heavy atom. The van der Waals surface area contributed by atoms with Crippen LogP contribution in [0.5, 0.6) is 0 Å². The Morgan fingerprint density at radius 2 is 2.29 bits per heavy atom. The Morgan fingerprint density at radius 1 is 1.46 bits per heavy atom. The summed E-state index contributed by atoms with van der Waals surface area (Å²) in [5, 5.41) is 11.3. The van der Waals surface area contributed by atoms with Gasteiger partial charge in [0.25, 0.3) is 5.91 Å². The first kappa shape index (κ1) is 16.7. The molecule has 1 amide bonds. The topological polar surface area (TPSA) is 76.2 Å². The number of rotatable bonds is 5. The molecular formula is C17H25N5O2. The molecule has 0 aliphatic carbocycles. The van der Waals surface area contributed by atoms with E-state index in [4.69, 9.17) is 4.52 Å². The van der Waals surface area contributed by atoms with Gasteiger partial charge in [0.2, 0.25) is 0 Å². The molecule has 1 unspecified atom stereocenters. The van der Waals surface area contributed by atoms with E-state index < -0.39 is 0 Å². The van der Waals surface area contributed by atoms with Crippen LogP contribution in [0.3, 0.4) is 0 Å². The van der Waals surface area contributed by atoms with E-state index in [0.29, 0.717) is 12.2 Å². The molecule has 2 aromatic rings. The molecule has 7 heteroatoms. The number of aryl methyl sites for hydroxylation is 3. The van der Waals surface area contributed by atoms with Crippen molar-refractivity contribution in [1.82, 2.24) is 25.2 Å². The number of likely N-dealkylation sites (tertiary alicyclic amines) is 1. The number of carbonyl (C=O) groups excluding carboxylic acids is 1. The summed E-state index contributed by atoms with van der Waals surface area (Å²) in [6.45, 7) is 9.29. The van der Waals surface area contributed by atoms with Gasteiger partial charge in [0.15, 0.2) is 0 Å². The van der Waals surface area contributed by atoms with Crippen LogP contribution in [-0.2, 0) is 13.1 Å². The Bertz CT molecular complexity index is 686. The number of piperidine rings is 1. The first-order valence-corrected chi connectivity index (χ1v) is 8.55. The predicted molar refractivity (Wildman–Crippen MR) is 89.6 cm³/mol. The van der Waals surface area contributed by atoms with Crippen LogP contribution in [0.4, 0.5) is 0 Å². The molecule has 7 nitrogen and oxygen atoms in total. The molecule has 2 aromatic heterocycles. The smallest absolute Gasteiger partial charge is 0.269 e. The maximum Gasteiger partial charge on any atom is 0.269 e. The van der Waals surface area contributed by atoms with Gasteiger partial charge in [-0.25, -0.2) is 0 Å². The quantitative estimate of drug-likeness (QED) is 0.905. The van der Waals surface area contributed by atoms with E-state index in [1.54, 1.807) is 16.9 Å². The first-order valence-electron chi connectivity index (χ1n) is 8.55. The number of amides is 1. The lowest BCUT2D eigenvalue weighted by Gasteiger charge is -2.33. The number of nitrogens with zero attached hydrogens (tertiary/aromatic N) is 4. The molecule has 0 saturated carbocycles. The third-order valence-corrected chi connectivity index (χ3v) is 4.65. The summed E-state index contributed by atoms with van der Waals surface area (Å²) >= 11 is 0. The summed E-state index contributed by atoms with van der Waals surface area (Å²) in [7, 11) is 0. The summed E-state index contributed by atoms with van der Waals surface area (Å²) in [6.07, 6.45) is 3.74. The van der Waals surface area contributed by atoms with Crippen LogP contribution in [-0.4, -0.2) is 44.9 Å². The van der Waals surface area contributed by atoms with Gasteiger partial charge in [0.1, 0.15) is 11.5 Å². The molecule has 1 N–H and O–H groups in total. The second-order valence-electron chi connectivity index (χ2n) is 6.38. The van der Waals surface area contributed by atoms with Gasteiger partial charge in [-0.2, -0.15) is 5.10 Å². The van der Waals surface area contributed by atoms with Crippen molar-refractivity contribution in [2.75, 3.05) is 13.1 Å². The summed E-state index contributed by atoms with van der Waals surface area (Å²) in [6, 6.07) is 1.93. The van der Waals surface area contributed by atoms with Crippen LogP contribution in [0, 0.1) is 13.8 Å². The molecular weight excluding hydrogens is 306 g/mol. The van der Waals surface area contributed by atoms with E-state index in [9.17, 15) is 4.79 Å².